The van der Waals surface area contributed by atoms with Gasteiger partial charge in [-0.25, -0.2) is 4.39 Å². The van der Waals surface area contributed by atoms with Crippen LogP contribution in [0.2, 0.25) is 5.02 Å². The van der Waals surface area contributed by atoms with Gasteiger partial charge in [0.25, 0.3) is 0 Å². The lowest BCUT2D eigenvalue weighted by Gasteiger charge is -2.01. The second kappa shape index (κ2) is 4.52. The lowest BCUT2D eigenvalue weighted by molar-refractivity contribution is 0.112. The Morgan fingerprint density at radius 3 is 2.63 bits per heavy atom. The van der Waals surface area contributed by atoms with Gasteiger partial charge in [-0.15, -0.1) is 0 Å². The number of carbonyl (C=O) groups is 1. The van der Waals surface area contributed by atoms with Crippen molar-refractivity contribution in [2.24, 2.45) is 0 Å². The van der Waals surface area contributed by atoms with E-state index in [1.54, 1.807) is 36.4 Å². The molecule has 1 N–H and O–H groups in total. The zero-order valence-electron chi connectivity index (χ0n) is 9.78. The maximum atomic E-state index is 13.9. The Balaban J connectivity index is 2.39. The molecule has 0 saturated heterocycles. The maximum Gasteiger partial charge on any atom is 0.152 e. The highest BCUT2D eigenvalue weighted by Crippen LogP contribution is 2.33. The lowest BCUT2D eigenvalue weighted by atomic mass is 10.1. The van der Waals surface area contributed by atoms with E-state index in [2.05, 4.69) is 4.98 Å². The molecule has 0 aliphatic rings. The molecule has 0 aliphatic heterocycles. The number of benzene rings is 2. The molecule has 0 fully saturated rings. The van der Waals surface area contributed by atoms with E-state index in [0.717, 1.165) is 6.29 Å². The van der Waals surface area contributed by atoms with Crippen LogP contribution in [0.1, 0.15) is 10.4 Å². The number of aromatic amines is 1. The zero-order valence-corrected chi connectivity index (χ0v) is 10.5. The standard InChI is InChI=1S/C15H9ClFNO/c16-12-6-3-5-9-11(8-19)14(18-15(9)12)10-4-1-2-7-13(10)17/h1-8,18H. The molecule has 3 rings (SSSR count). The molecule has 0 aliphatic carbocycles. The number of aromatic nitrogens is 1. The molecule has 0 bridgehead atoms. The normalized spacial score (nSPS) is 10.8. The van der Waals surface area contributed by atoms with Gasteiger partial charge in [-0.1, -0.05) is 35.9 Å². The first-order chi connectivity index (χ1) is 9.22. The molecule has 2 aromatic carbocycles. The Morgan fingerprint density at radius 1 is 1.11 bits per heavy atom. The van der Waals surface area contributed by atoms with Crippen LogP contribution in [-0.2, 0) is 0 Å². The van der Waals surface area contributed by atoms with Gasteiger partial charge in [-0.3, -0.25) is 4.79 Å². The molecule has 3 aromatic rings. The molecular formula is C15H9ClFNO. The van der Waals surface area contributed by atoms with Gasteiger partial charge in [0.15, 0.2) is 6.29 Å². The molecule has 0 saturated carbocycles. The minimum Gasteiger partial charge on any atom is -0.353 e. The molecule has 0 unspecified atom stereocenters. The van der Waals surface area contributed by atoms with Gasteiger partial charge in [0.1, 0.15) is 5.82 Å². The Morgan fingerprint density at radius 2 is 1.89 bits per heavy atom. The Kier molecular flexibility index (Phi) is 2.84. The molecule has 19 heavy (non-hydrogen) atoms. The Bertz CT molecular complexity index is 779. The molecule has 0 atom stereocenters. The first-order valence-corrected chi connectivity index (χ1v) is 6.10. The third-order valence-electron chi connectivity index (χ3n) is 3.08. The second-order valence-corrected chi connectivity index (χ2v) is 4.58. The Labute approximate surface area is 113 Å². The van der Waals surface area contributed by atoms with E-state index in [0.29, 0.717) is 32.7 Å². The molecule has 0 radical (unpaired) electrons. The van der Waals surface area contributed by atoms with Gasteiger partial charge in [0, 0.05) is 16.5 Å². The number of H-pyrrole nitrogens is 1. The van der Waals surface area contributed by atoms with E-state index < -0.39 is 0 Å². The highest BCUT2D eigenvalue weighted by Gasteiger charge is 2.16. The Hall–Kier alpha value is -2.13. The van der Waals surface area contributed by atoms with Crippen LogP contribution in [0.4, 0.5) is 4.39 Å². The van der Waals surface area contributed by atoms with E-state index in [-0.39, 0.29) is 5.82 Å². The van der Waals surface area contributed by atoms with Crippen molar-refractivity contribution in [3.63, 3.8) is 0 Å². The van der Waals surface area contributed by atoms with Gasteiger partial charge in [-0.05, 0) is 18.2 Å². The van der Waals surface area contributed by atoms with Gasteiger partial charge >= 0.3 is 0 Å². The minimum absolute atomic E-state index is 0.358. The fraction of sp³-hybridized carbons (Fsp3) is 0. The SMILES string of the molecule is O=Cc1c(-c2ccccc2F)[nH]c2c(Cl)cccc12. The van der Waals surface area contributed by atoms with E-state index in [1.807, 2.05) is 0 Å². The van der Waals surface area contributed by atoms with Crippen LogP contribution in [0, 0.1) is 5.82 Å². The van der Waals surface area contributed by atoms with Crippen molar-refractivity contribution in [3.8, 4) is 11.3 Å². The predicted molar refractivity (Wildman–Crippen MR) is 74.1 cm³/mol. The highest BCUT2D eigenvalue weighted by atomic mass is 35.5. The van der Waals surface area contributed by atoms with Gasteiger partial charge in [-0.2, -0.15) is 0 Å². The minimum atomic E-state index is -0.381. The van der Waals surface area contributed by atoms with Crippen molar-refractivity contribution in [2.75, 3.05) is 0 Å². The molecule has 1 aromatic heterocycles. The molecule has 2 nitrogen and oxygen atoms in total. The predicted octanol–water partition coefficient (Wildman–Crippen LogP) is 4.44. The summed E-state index contributed by atoms with van der Waals surface area (Å²) in [6.07, 6.45) is 0.719. The monoisotopic (exact) mass is 273 g/mol. The summed E-state index contributed by atoms with van der Waals surface area (Å²) in [7, 11) is 0. The smallest absolute Gasteiger partial charge is 0.152 e. The molecule has 0 spiro atoms. The van der Waals surface area contributed by atoms with Crippen molar-refractivity contribution in [2.45, 2.75) is 0 Å². The molecule has 1 heterocycles. The van der Waals surface area contributed by atoms with Crippen LogP contribution >= 0.6 is 11.6 Å². The first-order valence-electron chi connectivity index (χ1n) is 5.72. The highest BCUT2D eigenvalue weighted by molar-refractivity contribution is 6.35. The van der Waals surface area contributed by atoms with Crippen LogP contribution in [-0.4, -0.2) is 11.3 Å². The average Bonchev–Trinajstić information content (AvgIpc) is 2.79. The van der Waals surface area contributed by atoms with E-state index in [1.165, 1.54) is 6.07 Å². The summed E-state index contributed by atoms with van der Waals surface area (Å²) in [4.78, 5) is 14.4. The number of halogens is 2. The van der Waals surface area contributed by atoms with Crippen LogP contribution in [0.25, 0.3) is 22.2 Å². The summed E-state index contributed by atoms with van der Waals surface area (Å²) >= 11 is 6.09. The largest absolute Gasteiger partial charge is 0.353 e. The second-order valence-electron chi connectivity index (χ2n) is 4.17. The summed E-state index contributed by atoms with van der Waals surface area (Å²) in [5.41, 5.74) is 1.88. The lowest BCUT2D eigenvalue weighted by Crippen LogP contribution is -1.88. The fourth-order valence-corrected chi connectivity index (χ4v) is 2.42. The number of hydrogen-bond acceptors (Lipinski definition) is 1. The van der Waals surface area contributed by atoms with Crippen molar-refractivity contribution >= 4 is 28.8 Å². The third kappa shape index (κ3) is 1.83. The summed E-state index contributed by atoms with van der Waals surface area (Å²) in [5, 5.41) is 1.20. The van der Waals surface area contributed by atoms with Crippen molar-refractivity contribution in [1.29, 1.82) is 0 Å². The quantitative estimate of drug-likeness (QED) is 0.688. The third-order valence-corrected chi connectivity index (χ3v) is 3.40. The zero-order chi connectivity index (χ0) is 13.4. The first kappa shape index (κ1) is 11.9. The van der Waals surface area contributed by atoms with Gasteiger partial charge < -0.3 is 4.98 Å². The van der Waals surface area contributed by atoms with Gasteiger partial charge in [0.05, 0.1) is 16.2 Å². The number of nitrogens with one attached hydrogen (secondary N) is 1. The number of aldehydes is 1. The number of carbonyl (C=O) groups excluding carboxylic acids is 1. The summed E-state index contributed by atoms with van der Waals surface area (Å²) in [6.45, 7) is 0. The van der Waals surface area contributed by atoms with Gasteiger partial charge in [0.2, 0.25) is 0 Å². The fourth-order valence-electron chi connectivity index (χ4n) is 2.20. The number of rotatable bonds is 2. The van der Waals surface area contributed by atoms with Crippen LogP contribution < -0.4 is 0 Å². The summed E-state index contributed by atoms with van der Waals surface area (Å²) in [6, 6.07) is 11.6. The number of para-hydroxylation sites is 1. The summed E-state index contributed by atoms with van der Waals surface area (Å²) in [5.74, 6) is -0.381. The molecular weight excluding hydrogens is 265 g/mol. The maximum absolute atomic E-state index is 13.9. The molecule has 0 amide bonds. The van der Waals surface area contributed by atoms with Crippen LogP contribution in [0.3, 0.4) is 0 Å². The molecule has 94 valence electrons. The van der Waals surface area contributed by atoms with E-state index >= 15 is 0 Å². The van der Waals surface area contributed by atoms with E-state index in [9.17, 15) is 9.18 Å². The van der Waals surface area contributed by atoms with Crippen molar-refractivity contribution < 1.29 is 9.18 Å². The van der Waals surface area contributed by atoms with E-state index in [4.69, 9.17) is 11.6 Å². The molecule has 4 heteroatoms. The van der Waals surface area contributed by atoms with Crippen LogP contribution in [0.15, 0.2) is 42.5 Å². The number of fused-ring (bicyclic) bond motifs is 1. The number of hydrogen-bond donors (Lipinski definition) is 1. The topological polar surface area (TPSA) is 32.9 Å². The average molecular weight is 274 g/mol. The van der Waals surface area contributed by atoms with Crippen molar-refractivity contribution in [3.05, 3.63) is 58.9 Å². The summed E-state index contributed by atoms with van der Waals surface area (Å²) < 4.78 is 13.9. The van der Waals surface area contributed by atoms with Crippen molar-refractivity contribution in [1.82, 2.24) is 4.98 Å². The van der Waals surface area contributed by atoms with Crippen LogP contribution in [0.5, 0.6) is 0 Å².